The van der Waals surface area contributed by atoms with Crippen molar-refractivity contribution in [1.29, 1.82) is 0 Å². The Hall–Kier alpha value is -6.03. The summed E-state index contributed by atoms with van der Waals surface area (Å²) in [5.41, 5.74) is -0.0636. The third-order valence-corrected chi connectivity index (χ3v) is 31.2. The first-order chi connectivity index (χ1) is 38.6. The SMILES string of the molecule is CC(C)(C)[Si](C)(C)c1ccn[nH]1.CC1(C)C[C@@H]2CCCNc3cccc(n3)S(=O)(=O)NC(=O)c3ccc(-n4ccc([Si](C)(C)C(C)(C)C)n4)nc3N1C2.CC1(C)C[C@@H]2CCCNc3cccc(n3)S(=O)(=O)NC(=O)c3ccc(Br)nc3N1C2. The van der Waals surface area contributed by atoms with Crippen LogP contribution in [0.1, 0.15) is 128 Å². The fourth-order valence-corrected chi connectivity index (χ4v) is 16.3. The molecule has 0 radical (unpaired) electrons. The first kappa shape index (κ1) is 63.0. The lowest BCUT2D eigenvalue weighted by Crippen LogP contribution is -2.50. The Morgan fingerprint density at radius 1 is 0.614 bits per heavy atom. The molecule has 448 valence electrons. The number of aromatic nitrogens is 8. The van der Waals surface area contributed by atoms with Crippen LogP contribution in [0.15, 0.2) is 99.8 Å². The van der Waals surface area contributed by atoms with E-state index in [1.807, 2.05) is 12.4 Å². The maximum Gasteiger partial charge on any atom is 0.281 e. The minimum Gasteiger partial charge on any atom is -0.370 e. The molecule has 2 saturated heterocycles. The second kappa shape index (κ2) is 23.8. The van der Waals surface area contributed by atoms with Gasteiger partial charge in [-0.3, -0.25) is 14.7 Å². The Kier molecular flexibility index (Phi) is 18.1. The second-order valence-corrected chi connectivity index (χ2v) is 41.2. The molecule has 20 nitrogen and oxygen atoms in total. The molecule has 83 heavy (non-hydrogen) atoms. The van der Waals surface area contributed by atoms with Gasteiger partial charge in [0.2, 0.25) is 0 Å². The third-order valence-electron chi connectivity index (χ3n) is 17.7. The van der Waals surface area contributed by atoms with Crippen molar-refractivity contribution in [2.45, 2.75) is 165 Å². The smallest absolute Gasteiger partial charge is 0.281 e. The van der Waals surface area contributed by atoms with Gasteiger partial charge in [-0.1, -0.05) is 79.9 Å². The molecule has 6 aromatic heterocycles. The van der Waals surface area contributed by atoms with Crippen LogP contribution in [-0.4, -0.2) is 122 Å². The van der Waals surface area contributed by atoms with Crippen molar-refractivity contribution in [3.63, 3.8) is 0 Å². The summed E-state index contributed by atoms with van der Waals surface area (Å²) in [4.78, 5) is 48.9. The van der Waals surface area contributed by atoms with Crippen molar-refractivity contribution in [2.24, 2.45) is 11.8 Å². The molecule has 2 atom stereocenters. The Morgan fingerprint density at radius 2 is 1.10 bits per heavy atom. The Balaban J connectivity index is 0.000000186. The minimum absolute atomic E-state index is 0.123. The number of sulfonamides is 2. The van der Waals surface area contributed by atoms with E-state index in [9.17, 15) is 26.4 Å². The summed E-state index contributed by atoms with van der Waals surface area (Å²) in [6, 6.07) is 20.2. The van der Waals surface area contributed by atoms with Gasteiger partial charge >= 0.3 is 0 Å². The molecule has 0 unspecified atom stereocenters. The average Bonchev–Trinajstić information content (AvgIpc) is 4.06. The Morgan fingerprint density at radius 3 is 1.57 bits per heavy atom. The van der Waals surface area contributed by atoms with Crippen molar-refractivity contribution in [3.8, 4) is 5.82 Å². The molecule has 2 fully saturated rings. The quantitative estimate of drug-likeness (QED) is 0.0816. The van der Waals surface area contributed by atoms with Crippen molar-refractivity contribution in [3.05, 3.63) is 101 Å². The number of H-pyrrole nitrogens is 1. The van der Waals surface area contributed by atoms with Crippen LogP contribution in [0.3, 0.4) is 0 Å². The summed E-state index contributed by atoms with van der Waals surface area (Å²) in [5.74, 6) is 1.85. The zero-order valence-electron chi connectivity index (χ0n) is 50.5. The number of nitrogens with one attached hydrogen (secondary N) is 5. The van der Waals surface area contributed by atoms with Gasteiger partial charge in [0.1, 0.15) is 44.0 Å². The van der Waals surface area contributed by atoms with Crippen molar-refractivity contribution >= 4 is 97.8 Å². The van der Waals surface area contributed by atoms with Crippen LogP contribution in [0.2, 0.25) is 36.3 Å². The molecule has 5 N–H and O–H groups in total. The number of halogens is 1. The van der Waals surface area contributed by atoms with E-state index >= 15 is 0 Å². The number of hydrogen-bond acceptors (Lipinski definition) is 16. The molecule has 0 aliphatic carbocycles. The number of aromatic amines is 1. The number of amides is 2. The van der Waals surface area contributed by atoms with E-state index in [4.69, 9.17) is 10.1 Å². The predicted octanol–water partition coefficient (Wildman–Crippen LogP) is 9.60. The number of fused-ring (bicyclic) bond motifs is 12. The van der Waals surface area contributed by atoms with E-state index in [2.05, 4.69) is 179 Å². The second-order valence-electron chi connectivity index (χ2n) is 26.6. The highest BCUT2D eigenvalue weighted by atomic mass is 79.9. The third kappa shape index (κ3) is 14.1. The number of pyridine rings is 4. The van der Waals surface area contributed by atoms with Crippen LogP contribution < -0.4 is 40.5 Å². The van der Waals surface area contributed by atoms with E-state index in [1.165, 1.54) is 17.4 Å². The number of carbonyl (C=O) groups excluding carboxylic acids is 2. The van der Waals surface area contributed by atoms with Crippen molar-refractivity contribution in [2.75, 3.05) is 46.6 Å². The molecule has 6 aromatic rings. The summed E-state index contributed by atoms with van der Waals surface area (Å²) in [6.45, 7) is 34.5. The fraction of sp³-hybridized carbons (Fsp3) is 0.517. The van der Waals surface area contributed by atoms with Gasteiger partial charge in [-0.25, -0.2) is 34.1 Å². The van der Waals surface area contributed by atoms with E-state index in [1.54, 1.807) is 53.2 Å². The monoisotopic (exact) mass is 1270 g/mol. The fourth-order valence-electron chi connectivity index (χ4n) is 10.8. The van der Waals surface area contributed by atoms with E-state index in [-0.39, 0.29) is 37.3 Å². The molecule has 25 heteroatoms. The Bertz CT molecular complexity index is 3560. The van der Waals surface area contributed by atoms with Gasteiger partial charge in [0, 0.05) is 60.3 Å². The zero-order chi connectivity index (χ0) is 60.7. The van der Waals surface area contributed by atoms with Crippen LogP contribution in [0.5, 0.6) is 0 Å². The molecule has 0 spiro atoms. The minimum atomic E-state index is -4.21. The highest BCUT2D eigenvalue weighted by Gasteiger charge is 2.44. The van der Waals surface area contributed by atoms with Crippen molar-refractivity contribution < 1.29 is 26.4 Å². The molecule has 0 saturated carbocycles. The summed E-state index contributed by atoms with van der Waals surface area (Å²) >= 11 is 3.39. The van der Waals surface area contributed by atoms with Crippen LogP contribution in [0.25, 0.3) is 5.82 Å². The predicted molar refractivity (Wildman–Crippen MR) is 338 cm³/mol. The lowest BCUT2D eigenvalue weighted by atomic mass is 9.93. The highest BCUT2D eigenvalue weighted by molar-refractivity contribution is 9.10. The van der Waals surface area contributed by atoms with Gasteiger partial charge in [-0.15, -0.1) is 0 Å². The number of rotatable bonds is 3. The van der Waals surface area contributed by atoms with Gasteiger partial charge in [-0.2, -0.15) is 27.0 Å². The van der Waals surface area contributed by atoms with Crippen LogP contribution in [-0.2, 0) is 20.0 Å². The highest BCUT2D eigenvalue weighted by Crippen LogP contribution is 2.42. The van der Waals surface area contributed by atoms with Gasteiger partial charge in [0.15, 0.2) is 15.9 Å². The van der Waals surface area contributed by atoms with E-state index in [0.29, 0.717) is 63.7 Å². The van der Waals surface area contributed by atoms with E-state index < -0.39 is 48.0 Å². The number of carbonyl (C=O) groups is 2. The summed E-state index contributed by atoms with van der Waals surface area (Å²) < 4.78 is 58.8. The molecule has 0 aromatic carbocycles. The lowest BCUT2D eigenvalue weighted by molar-refractivity contribution is 0.0972. The molecule has 8 bridgehead atoms. The number of nitrogens with zero attached hydrogens (tertiary/aromatic N) is 9. The molecule has 10 heterocycles. The van der Waals surface area contributed by atoms with Gasteiger partial charge in [-0.05, 0) is 165 Å². The summed E-state index contributed by atoms with van der Waals surface area (Å²) in [7, 11) is -11.6. The van der Waals surface area contributed by atoms with Gasteiger partial charge < -0.3 is 20.4 Å². The Labute approximate surface area is 500 Å². The maximum atomic E-state index is 13.6. The summed E-state index contributed by atoms with van der Waals surface area (Å²) in [5, 5.41) is 21.0. The number of anilines is 4. The summed E-state index contributed by atoms with van der Waals surface area (Å²) in [6.07, 6.45) is 9.51. The molecule has 4 aliphatic heterocycles. The normalized spacial score (nSPS) is 20.5. The molecule has 4 aliphatic rings. The van der Waals surface area contributed by atoms with Crippen molar-refractivity contribution in [1.82, 2.24) is 49.4 Å². The largest absolute Gasteiger partial charge is 0.370 e. The first-order valence-corrected chi connectivity index (χ1v) is 38.2. The maximum absolute atomic E-state index is 13.6. The lowest BCUT2D eigenvalue weighted by Gasteiger charge is -2.35. The standard InChI is InChI=1S/C29H41N7O3SSi.C20H24BrN5O3S.C9H18N2Si/c1-28(2,3)41(6,7)25-15-17-36(33-25)23-14-13-21-26(32-23)35-19-20(18-29(35,4)5)10-9-16-30-22-11-8-12-24(31-22)40(38,39)34-27(21)37;1-20(2)11-13-5-4-10-22-16-6-3-7-17(24-16)30(28,29)25-19(27)14-8-9-15(21)23-18(14)26(20)12-13;1-9(2,3)12(4,5)8-6-7-10-11-8/h8,11-15,17,20H,9-10,16,18-19H2,1-7H3,(H,30,31)(H,34,37);3,6-9,13H,4-5,10-12H2,1-2H3,(H,22,24)(H,25,27);6-7H,1-5H3,(H,10,11)/t20-;13-;/m00./s1. The zero-order valence-corrected chi connectivity index (χ0v) is 55.7. The van der Waals surface area contributed by atoms with Gasteiger partial charge in [0.05, 0.1) is 11.1 Å². The van der Waals surface area contributed by atoms with Crippen LogP contribution >= 0.6 is 15.9 Å². The average molecular weight is 1270 g/mol. The van der Waals surface area contributed by atoms with Gasteiger partial charge in [0.25, 0.3) is 31.9 Å². The first-order valence-electron chi connectivity index (χ1n) is 28.5. The van der Waals surface area contributed by atoms with E-state index in [0.717, 1.165) is 56.9 Å². The number of hydrogen-bond donors (Lipinski definition) is 5. The molecule has 2 amide bonds. The molecular formula is C58H83BrN14O6S2Si2. The van der Waals surface area contributed by atoms with Crippen LogP contribution in [0, 0.1) is 11.8 Å². The molecular weight excluding hydrogens is 1190 g/mol. The topological polar surface area (TPSA) is 255 Å². The van der Waals surface area contributed by atoms with Crippen LogP contribution in [0.4, 0.5) is 23.3 Å². The molecule has 10 rings (SSSR count).